The highest BCUT2D eigenvalue weighted by Crippen LogP contribution is 2.25. The normalized spacial score (nSPS) is 10.7. The van der Waals surface area contributed by atoms with E-state index in [0.717, 1.165) is 5.57 Å². The summed E-state index contributed by atoms with van der Waals surface area (Å²) in [6, 6.07) is 6.81. The number of amides is 1. The molecule has 166 valence electrons. The molecule has 0 aliphatic rings. The van der Waals surface area contributed by atoms with Crippen molar-refractivity contribution in [2.75, 3.05) is 11.1 Å². The molecule has 0 fully saturated rings. The van der Waals surface area contributed by atoms with E-state index in [4.69, 9.17) is 5.73 Å². The topological polar surface area (TPSA) is 80.9 Å². The van der Waals surface area contributed by atoms with Gasteiger partial charge in [0.1, 0.15) is 5.69 Å². The number of nitrogen functional groups attached to an aromatic ring is 1. The van der Waals surface area contributed by atoms with Gasteiger partial charge >= 0.3 is 0 Å². The number of aromatic nitrogens is 2. The predicted octanol–water partition coefficient (Wildman–Crippen LogP) is 5.03. The van der Waals surface area contributed by atoms with Crippen LogP contribution in [0.3, 0.4) is 0 Å². The summed E-state index contributed by atoms with van der Waals surface area (Å²) in [5.41, 5.74) is 7.21. The quantitative estimate of drug-likeness (QED) is 0.248. The maximum Gasteiger partial charge on any atom is 0.230 e. The molecule has 3 N–H and O–H groups in total. The zero-order chi connectivity index (χ0) is 23.6. The summed E-state index contributed by atoms with van der Waals surface area (Å²) in [5.74, 6) is -11.7. The standard InChI is InChI=1S/C22H17F5N4O/c1-10(2)7-14-22(29-9-15(30-14)11-3-5-12(28)6-4-11)31-16(32)8-13-17(23)19(25)21(27)20(26)18(13)24/h3-7,9H,8,28H2,1-2H3,(H,29,31,32). The molecule has 0 saturated carbocycles. The summed E-state index contributed by atoms with van der Waals surface area (Å²) in [4.78, 5) is 20.9. The number of rotatable bonds is 5. The zero-order valence-electron chi connectivity index (χ0n) is 16.9. The predicted molar refractivity (Wildman–Crippen MR) is 110 cm³/mol. The summed E-state index contributed by atoms with van der Waals surface area (Å²) >= 11 is 0. The Morgan fingerprint density at radius 3 is 2.09 bits per heavy atom. The lowest BCUT2D eigenvalue weighted by Crippen LogP contribution is -2.20. The smallest absolute Gasteiger partial charge is 0.230 e. The Balaban J connectivity index is 1.92. The molecule has 2 aromatic carbocycles. The highest BCUT2D eigenvalue weighted by molar-refractivity contribution is 5.93. The number of hydrogen-bond acceptors (Lipinski definition) is 4. The fraction of sp³-hybridized carbons (Fsp3) is 0.136. The van der Waals surface area contributed by atoms with Crippen LogP contribution in [0.1, 0.15) is 25.1 Å². The molecule has 1 amide bonds. The zero-order valence-corrected chi connectivity index (χ0v) is 16.9. The number of hydrogen-bond donors (Lipinski definition) is 2. The number of nitrogens with one attached hydrogen (secondary N) is 1. The molecular formula is C22H17F5N4O. The minimum Gasteiger partial charge on any atom is -0.399 e. The first-order valence-corrected chi connectivity index (χ1v) is 9.26. The van der Waals surface area contributed by atoms with E-state index in [1.807, 2.05) is 0 Å². The number of anilines is 2. The number of halogens is 5. The lowest BCUT2D eigenvalue weighted by molar-refractivity contribution is -0.115. The molecule has 0 unspecified atom stereocenters. The maximum atomic E-state index is 13.9. The number of carbonyl (C=O) groups excluding carboxylic acids is 1. The fourth-order valence-electron chi connectivity index (χ4n) is 2.81. The van der Waals surface area contributed by atoms with Gasteiger partial charge in [0.25, 0.3) is 0 Å². The van der Waals surface area contributed by atoms with Crippen molar-refractivity contribution in [2.24, 2.45) is 0 Å². The third kappa shape index (κ3) is 4.74. The van der Waals surface area contributed by atoms with Crippen molar-refractivity contribution < 1.29 is 26.7 Å². The number of allylic oxidation sites excluding steroid dienone is 1. The van der Waals surface area contributed by atoms with E-state index in [2.05, 4.69) is 15.3 Å². The van der Waals surface area contributed by atoms with Crippen LogP contribution in [0.4, 0.5) is 33.5 Å². The van der Waals surface area contributed by atoms with E-state index in [1.54, 1.807) is 44.2 Å². The maximum absolute atomic E-state index is 13.9. The Kier molecular flexibility index (Phi) is 6.52. The van der Waals surface area contributed by atoms with Gasteiger partial charge < -0.3 is 11.1 Å². The van der Waals surface area contributed by atoms with Gasteiger partial charge in [-0.05, 0) is 32.1 Å². The van der Waals surface area contributed by atoms with Crippen LogP contribution >= 0.6 is 0 Å². The third-order valence-corrected chi connectivity index (χ3v) is 4.33. The minimum atomic E-state index is -2.29. The molecule has 1 aromatic heterocycles. The second-order valence-corrected chi connectivity index (χ2v) is 7.11. The van der Waals surface area contributed by atoms with Crippen LogP contribution in [0.5, 0.6) is 0 Å². The largest absolute Gasteiger partial charge is 0.399 e. The molecular weight excluding hydrogens is 431 g/mol. The van der Waals surface area contributed by atoms with Crippen molar-refractivity contribution in [1.29, 1.82) is 0 Å². The first kappa shape index (κ1) is 22.9. The van der Waals surface area contributed by atoms with Crippen LogP contribution in [-0.2, 0) is 11.2 Å². The molecule has 0 aliphatic heterocycles. The molecule has 0 saturated heterocycles. The highest BCUT2D eigenvalue weighted by Gasteiger charge is 2.27. The van der Waals surface area contributed by atoms with Gasteiger partial charge in [-0.2, -0.15) is 0 Å². The Morgan fingerprint density at radius 1 is 0.969 bits per heavy atom. The second-order valence-electron chi connectivity index (χ2n) is 7.11. The first-order chi connectivity index (χ1) is 15.1. The Labute approximate surface area is 179 Å². The Bertz CT molecular complexity index is 1190. The van der Waals surface area contributed by atoms with Crippen molar-refractivity contribution in [2.45, 2.75) is 20.3 Å². The first-order valence-electron chi connectivity index (χ1n) is 9.26. The van der Waals surface area contributed by atoms with Gasteiger partial charge in [-0.25, -0.2) is 31.9 Å². The van der Waals surface area contributed by atoms with Crippen molar-refractivity contribution >= 4 is 23.5 Å². The van der Waals surface area contributed by atoms with Crippen LogP contribution in [0.25, 0.3) is 17.3 Å². The average Bonchev–Trinajstić information content (AvgIpc) is 2.75. The van der Waals surface area contributed by atoms with Crippen LogP contribution in [0.2, 0.25) is 0 Å². The summed E-state index contributed by atoms with van der Waals surface area (Å²) in [6.07, 6.45) is 1.88. The van der Waals surface area contributed by atoms with Crippen molar-refractivity contribution in [1.82, 2.24) is 9.97 Å². The summed E-state index contributed by atoms with van der Waals surface area (Å²) < 4.78 is 67.7. The lowest BCUT2D eigenvalue weighted by Gasteiger charge is -2.11. The van der Waals surface area contributed by atoms with Gasteiger partial charge in [0.05, 0.1) is 18.3 Å². The summed E-state index contributed by atoms with van der Waals surface area (Å²) in [5, 5.41) is 2.31. The molecule has 3 rings (SSSR count). The molecule has 0 bridgehead atoms. The lowest BCUT2D eigenvalue weighted by atomic mass is 10.1. The van der Waals surface area contributed by atoms with Crippen molar-refractivity contribution in [3.8, 4) is 11.3 Å². The molecule has 0 aliphatic carbocycles. The molecule has 0 atom stereocenters. The third-order valence-electron chi connectivity index (χ3n) is 4.33. The molecule has 1 heterocycles. The van der Waals surface area contributed by atoms with E-state index >= 15 is 0 Å². The van der Waals surface area contributed by atoms with Crippen molar-refractivity contribution in [3.63, 3.8) is 0 Å². The molecule has 10 heteroatoms. The second kappa shape index (κ2) is 9.13. The van der Waals surface area contributed by atoms with Gasteiger partial charge in [-0.1, -0.05) is 17.7 Å². The molecule has 5 nitrogen and oxygen atoms in total. The van der Waals surface area contributed by atoms with Gasteiger partial charge in [0.15, 0.2) is 29.1 Å². The van der Waals surface area contributed by atoms with E-state index in [1.165, 1.54) is 6.20 Å². The van der Waals surface area contributed by atoms with Crippen LogP contribution in [0, 0.1) is 29.1 Å². The average molecular weight is 448 g/mol. The summed E-state index contributed by atoms with van der Waals surface area (Å²) in [7, 11) is 0. The number of benzene rings is 2. The van der Waals surface area contributed by atoms with Crippen LogP contribution < -0.4 is 11.1 Å². The SMILES string of the molecule is CC(C)=Cc1nc(-c2ccc(N)cc2)cnc1NC(=O)Cc1c(F)c(F)c(F)c(F)c1F. The van der Waals surface area contributed by atoms with Gasteiger partial charge in [0, 0.05) is 16.8 Å². The minimum absolute atomic E-state index is 0.0423. The Morgan fingerprint density at radius 2 is 1.53 bits per heavy atom. The van der Waals surface area contributed by atoms with E-state index in [-0.39, 0.29) is 11.5 Å². The molecule has 32 heavy (non-hydrogen) atoms. The molecule has 0 radical (unpaired) electrons. The van der Waals surface area contributed by atoms with Crippen LogP contribution in [-0.4, -0.2) is 15.9 Å². The highest BCUT2D eigenvalue weighted by atomic mass is 19.2. The van der Waals surface area contributed by atoms with E-state index in [9.17, 15) is 26.7 Å². The van der Waals surface area contributed by atoms with E-state index in [0.29, 0.717) is 16.9 Å². The molecule has 3 aromatic rings. The number of nitrogens with two attached hydrogens (primary N) is 1. The fourth-order valence-corrected chi connectivity index (χ4v) is 2.81. The van der Waals surface area contributed by atoms with Gasteiger partial charge in [-0.15, -0.1) is 0 Å². The summed E-state index contributed by atoms with van der Waals surface area (Å²) in [6.45, 7) is 3.55. The number of carbonyl (C=O) groups is 1. The van der Waals surface area contributed by atoms with E-state index < -0.39 is 47.0 Å². The van der Waals surface area contributed by atoms with Gasteiger partial charge in [0.2, 0.25) is 11.7 Å². The van der Waals surface area contributed by atoms with Crippen LogP contribution in [0.15, 0.2) is 36.0 Å². The monoisotopic (exact) mass is 448 g/mol. The molecule has 0 spiro atoms. The Hall–Kier alpha value is -3.82. The van der Waals surface area contributed by atoms with Gasteiger partial charge in [-0.3, -0.25) is 4.79 Å². The van der Waals surface area contributed by atoms with Crippen molar-refractivity contribution in [3.05, 3.63) is 76.4 Å². The number of nitrogens with zero attached hydrogens (tertiary/aromatic N) is 2.